The van der Waals surface area contributed by atoms with E-state index in [4.69, 9.17) is 9.47 Å². The lowest BCUT2D eigenvalue weighted by Gasteiger charge is -2.33. The van der Waals surface area contributed by atoms with Crippen molar-refractivity contribution in [2.45, 2.75) is 18.0 Å². The first-order chi connectivity index (χ1) is 11.6. The van der Waals surface area contributed by atoms with Gasteiger partial charge in [0.25, 0.3) is 0 Å². The van der Waals surface area contributed by atoms with Crippen LogP contribution in [0.15, 0.2) is 48.5 Å². The molecular weight excluding hydrogens is 316 g/mol. The Balaban J connectivity index is 1.75. The summed E-state index contributed by atoms with van der Waals surface area (Å²) in [5, 5.41) is 9.92. The van der Waals surface area contributed by atoms with E-state index in [1.165, 1.54) is 24.3 Å². The number of hydrogen-bond donors (Lipinski definition) is 1. The van der Waals surface area contributed by atoms with Crippen molar-refractivity contribution in [1.82, 2.24) is 4.90 Å². The van der Waals surface area contributed by atoms with Gasteiger partial charge in [0.05, 0.1) is 25.4 Å². The topological polar surface area (TPSA) is 41.9 Å². The molecule has 0 amide bonds. The summed E-state index contributed by atoms with van der Waals surface area (Å²) in [6, 6.07) is 12.3. The average molecular weight is 333 g/mol. The molecule has 0 spiro atoms. The maximum absolute atomic E-state index is 13.6. The summed E-state index contributed by atoms with van der Waals surface area (Å²) in [4.78, 5) is 1.87. The van der Waals surface area contributed by atoms with E-state index in [1.54, 1.807) is 24.3 Å². The van der Waals surface area contributed by atoms with E-state index in [2.05, 4.69) is 0 Å². The molecule has 2 heterocycles. The highest BCUT2D eigenvalue weighted by Crippen LogP contribution is 2.48. The molecule has 2 saturated heterocycles. The molecule has 126 valence electrons. The van der Waals surface area contributed by atoms with Crippen LogP contribution in [-0.4, -0.2) is 35.4 Å². The van der Waals surface area contributed by atoms with E-state index >= 15 is 0 Å². The minimum Gasteiger partial charge on any atom is -0.394 e. The predicted octanol–water partition coefficient (Wildman–Crippen LogP) is 2.76. The Morgan fingerprint density at radius 1 is 0.958 bits per heavy atom. The van der Waals surface area contributed by atoms with Crippen LogP contribution in [0.1, 0.15) is 23.6 Å². The first kappa shape index (κ1) is 15.7. The highest BCUT2D eigenvalue weighted by atomic mass is 19.1. The molecule has 4 nitrogen and oxygen atoms in total. The zero-order valence-corrected chi connectivity index (χ0v) is 12.9. The summed E-state index contributed by atoms with van der Waals surface area (Å²) in [7, 11) is 0. The lowest BCUT2D eigenvalue weighted by Crippen LogP contribution is -2.47. The SMILES string of the molecule is OC[C@]12CO[C@H](c3cccc(F)c3)N1[C@H](c1cccc(F)c1)OC2. The lowest BCUT2D eigenvalue weighted by molar-refractivity contribution is -0.0632. The molecule has 0 saturated carbocycles. The zero-order valence-electron chi connectivity index (χ0n) is 12.9. The van der Waals surface area contributed by atoms with Gasteiger partial charge in [-0.15, -0.1) is 0 Å². The van der Waals surface area contributed by atoms with Crippen LogP contribution < -0.4 is 0 Å². The Labute approximate surface area is 138 Å². The quantitative estimate of drug-likeness (QED) is 0.938. The monoisotopic (exact) mass is 333 g/mol. The summed E-state index contributed by atoms with van der Waals surface area (Å²) in [5.74, 6) is -0.722. The van der Waals surface area contributed by atoms with E-state index in [0.29, 0.717) is 11.1 Å². The number of aliphatic hydroxyl groups is 1. The van der Waals surface area contributed by atoms with Gasteiger partial charge in [-0.3, -0.25) is 0 Å². The maximum atomic E-state index is 13.6. The van der Waals surface area contributed by atoms with Crippen LogP contribution >= 0.6 is 0 Å². The molecule has 6 heteroatoms. The van der Waals surface area contributed by atoms with Crippen LogP contribution in [-0.2, 0) is 9.47 Å². The third-order valence-corrected chi connectivity index (χ3v) is 4.63. The van der Waals surface area contributed by atoms with Gasteiger partial charge in [0.1, 0.15) is 24.1 Å². The van der Waals surface area contributed by atoms with Crippen LogP contribution in [0.2, 0.25) is 0 Å². The number of fused-ring (bicyclic) bond motifs is 1. The number of ether oxygens (including phenoxy) is 2. The molecule has 4 rings (SSSR count). The van der Waals surface area contributed by atoms with Crippen molar-refractivity contribution in [3.63, 3.8) is 0 Å². The van der Waals surface area contributed by atoms with Gasteiger partial charge in [-0.1, -0.05) is 24.3 Å². The Morgan fingerprint density at radius 3 is 1.88 bits per heavy atom. The van der Waals surface area contributed by atoms with Gasteiger partial charge in [-0.2, -0.15) is 0 Å². The summed E-state index contributed by atoms with van der Waals surface area (Å²) in [6.07, 6.45) is -1.13. The minimum atomic E-state index is -0.714. The smallest absolute Gasteiger partial charge is 0.139 e. The molecule has 0 bridgehead atoms. The first-order valence-electron chi connectivity index (χ1n) is 7.76. The summed E-state index contributed by atoms with van der Waals surface area (Å²) in [6.45, 7) is 0.359. The molecule has 2 aromatic rings. The van der Waals surface area contributed by atoms with Gasteiger partial charge >= 0.3 is 0 Å². The third-order valence-electron chi connectivity index (χ3n) is 4.63. The molecule has 2 aliphatic heterocycles. The number of nitrogens with zero attached hydrogens (tertiary/aromatic N) is 1. The molecule has 2 fully saturated rings. The van der Waals surface area contributed by atoms with Gasteiger partial charge < -0.3 is 14.6 Å². The second kappa shape index (κ2) is 5.89. The molecule has 0 radical (unpaired) electrons. The van der Waals surface area contributed by atoms with E-state index in [9.17, 15) is 13.9 Å². The highest BCUT2D eigenvalue weighted by Gasteiger charge is 2.56. The van der Waals surface area contributed by atoms with E-state index in [0.717, 1.165) is 0 Å². The Hall–Kier alpha value is -1.86. The Morgan fingerprint density at radius 2 is 1.46 bits per heavy atom. The summed E-state index contributed by atoms with van der Waals surface area (Å²) < 4.78 is 38.9. The fourth-order valence-corrected chi connectivity index (χ4v) is 3.45. The highest BCUT2D eigenvalue weighted by molar-refractivity contribution is 5.26. The van der Waals surface area contributed by atoms with E-state index in [1.807, 2.05) is 4.90 Å². The average Bonchev–Trinajstić information content (AvgIpc) is 3.12. The van der Waals surface area contributed by atoms with Crippen LogP contribution in [0.25, 0.3) is 0 Å². The molecule has 0 unspecified atom stereocenters. The van der Waals surface area contributed by atoms with Crippen LogP contribution in [0.4, 0.5) is 8.78 Å². The first-order valence-corrected chi connectivity index (χ1v) is 7.76. The Kier molecular flexibility index (Phi) is 3.85. The number of halogens is 2. The van der Waals surface area contributed by atoms with Crippen molar-refractivity contribution in [1.29, 1.82) is 0 Å². The second-order valence-electron chi connectivity index (χ2n) is 6.23. The molecule has 0 aromatic heterocycles. The van der Waals surface area contributed by atoms with Crippen molar-refractivity contribution in [3.05, 3.63) is 71.3 Å². The predicted molar refractivity (Wildman–Crippen MR) is 81.8 cm³/mol. The fraction of sp³-hybridized carbons (Fsp3) is 0.333. The lowest BCUT2D eigenvalue weighted by atomic mass is 10.0. The number of rotatable bonds is 3. The largest absolute Gasteiger partial charge is 0.394 e. The van der Waals surface area contributed by atoms with Gasteiger partial charge in [-0.25, -0.2) is 13.7 Å². The van der Waals surface area contributed by atoms with Gasteiger partial charge in [0.15, 0.2) is 0 Å². The van der Waals surface area contributed by atoms with Gasteiger partial charge in [0.2, 0.25) is 0 Å². The Bertz CT molecular complexity index is 697. The van der Waals surface area contributed by atoms with Gasteiger partial charge in [0, 0.05) is 0 Å². The standard InChI is InChI=1S/C18H17F2NO3/c19-14-5-1-3-12(7-14)16-21-17(13-4-2-6-15(20)8-13)24-11-18(21,9-22)10-23-16/h1-8,16-17,22H,9-11H2/t16-,17+,18-. The molecular formula is C18H17F2NO3. The number of hydrogen-bond acceptors (Lipinski definition) is 4. The number of benzene rings is 2. The molecule has 3 atom stereocenters. The van der Waals surface area contributed by atoms with Crippen molar-refractivity contribution in [2.24, 2.45) is 0 Å². The number of aliphatic hydroxyl groups excluding tert-OH is 1. The van der Waals surface area contributed by atoms with E-state index in [-0.39, 0.29) is 31.5 Å². The summed E-state index contributed by atoms with van der Waals surface area (Å²) >= 11 is 0. The van der Waals surface area contributed by atoms with Crippen molar-refractivity contribution in [3.8, 4) is 0 Å². The fourth-order valence-electron chi connectivity index (χ4n) is 3.45. The minimum absolute atomic E-state index is 0.162. The van der Waals surface area contributed by atoms with Crippen molar-refractivity contribution in [2.75, 3.05) is 19.8 Å². The molecule has 24 heavy (non-hydrogen) atoms. The van der Waals surface area contributed by atoms with Crippen LogP contribution in [0.3, 0.4) is 0 Å². The van der Waals surface area contributed by atoms with E-state index < -0.39 is 18.0 Å². The molecule has 0 aliphatic carbocycles. The van der Waals surface area contributed by atoms with Gasteiger partial charge in [-0.05, 0) is 35.4 Å². The second-order valence-corrected chi connectivity index (χ2v) is 6.23. The van der Waals surface area contributed by atoms with Crippen LogP contribution in [0.5, 0.6) is 0 Å². The molecule has 2 aliphatic rings. The van der Waals surface area contributed by atoms with Crippen LogP contribution in [0, 0.1) is 11.6 Å². The summed E-state index contributed by atoms with van der Waals surface area (Å²) in [5.41, 5.74) is 0.558. The molecule has 1 N–H and O–H groups in total. The zero-order chi connectivity index (χ0) is 16.7. The maximum Gasteiger partial charge on any atom is 0.139 e. The van der Waals surface area contributed by atoms with Crippen molar-refractivity contribution >= 4 is 0 Å². The molecule has 2 aromatic carbocycles. The van der Waals surface area contributed by atoms with Crippen molar-refractivity contribution < 1.29 is 23.4 Å². The normalized spacial score (nSPS) is 29.8. The third kappa shape index (κ3) is 2.43.